The van der Waals surface area contributed by atoms with Gasteiger partial charge in [0.05, 0.1) is 0 Å². The molecule has 14 heavy (non-hydrogen) atoms. The zero-order chi connectivity index (χ0) is 11.0. The zero-order valence-electron chi connectivity index (χ0n) is 9.30. The molecule has 0 heterocycles. The van der Waals surface area contributed by atoms with Crippen molar-refractivity contribution in [1.82, 2.24) is 5.32 Å². The van der Waals surface area contributed by atoms with Crippen molar-refractivity contribution in [2.45, 2.75) is 39.2 Å². The molecule has 0 radical (unpaired) electrons. The van der Waals surface area contributed by atoms with E-state index in [1.807, 2.05) is 13.8 Å². The topological polar surface area (TPSA) is 58.6 Å². The number of carbonyl (C=O) groups is 1. The first-order valence-electron chi connectivity index (χ1n) is 5.13. The van der Waals surface area contributed by atoms with Crippen LogP contribution < -0.4 is 5.32 Å². The molecule has 0 aliphatic carbocycles. The Bertz CT molecular complexity index is 173. The van der Waals surface area contributed by atoms with Crippen LogP contribution in [-0.2, 0) is 9.53 Å². The Labute approximate surface area is 85.6 Å². The molecule has 0 aliphatic rings. The van der Waals surface area contributed by atoms with Gasteiger partial charge in [0.2, 0.25) is 0 Å². The van der Waals surface area contributed by atoms with Gasteiger partial charge >= 0.3 is 5.97 Å². The third-order valence-corrected chi connectivity index (χ3v) is 2.36. The van der Waals surface area contributed by atoms with Crippen LogP contribution in [0.3, 0.4) is 0 Å². The molecule has 84 valence electrons. The van der Waals surface area contributed by atoms with E-state index in [2.05, 4.69) is 5.32 Å². The third kappa shape index (κ3) is 4.58. The fraction of sp³-hybridized carbons (Fsp3) is 0.900. The van der Waals surface area contributed by atoms with E-state index in [1.165, 1.54) is 0 Å². The predicted molar refractivity (Wildman–Crippen MR) is 55.4 cm³/mol. The third-order valence-electron chi connectivity index (χ3n) is 2.36. The Hall–Kier alpha value is -0.610. The number of nitrogens with one attached hydrogen (secondary N) is 1. The fourth-order valence-electron chi connectivity index (χ4n) is 1.03. The van der Waals surface area contributed by atoms with Crippen LogP contribution in [0, 0.1) is 0 Å². The number of rotatable bonds is 8. The molecule has 4 nitrogen and oxygen atoms in total. The highest BCUT2D eigenvalue weighted by Crippen LogP contribution is 2.08. The maximum atomic E-state index is 10.9. The summed E-state index contributed by atoms with van der Waals surface area (Å²) in [4.78, 5) is 10.9. The van der Waals surface area contributed by atoms with Gasteiger partial charge in [0.1, 0.15) is 5.54 Å². The maximum absolute atomic E-state index is 10.9. The molecule has 0 saturated carbocycles. The van der Waals surface area contributed by atoms with Crippen LogP contribution in [0.5, 0.6) is 0 Å². The summed E-state index contributed by atoms with van der Waals surface area (Å²) in [6.45, 7) is 7.59. The zero-order valence-corrected chi connectivity index (χ0v) is 9.30. The number of hydrogen-bond donors (Lipinski definition) is 2. The Morgan fingerprint density at radius 1 is 1.50 bits per heavy atom. The average Bonchev–Trinajstić information content (AvgIpc) is 2.17. The second kappa shape index (κ2) is 6.79. The standard InChI is InChI=1S/C10H21NO3/c1-4-10(3,9(12)13)11-7-6-8-14-5-2/h11H,4-8H2,1-3H3,(H,12,13). The van der Waals surface area contributed by atoms with Gasteiger partial charge in [-0.05, 0) is 33.2 Å². The van der Waals surface area contributed by atoms with Crippen LogP contribution in [0.25, 0.3) is 0 Å². The molecular formula is C10H21NO3. The average molecular weight is 203 g/mol. The Morgan fingerprint density at radius 3 is 2.57 bits per heavy atom. The predicted octanol–water partition coefficient (Wildman–Crippen LogP) is 1.26. The summed E-state index contributed by atoms with van der Waals surface area (Å²) in [5, 5.41) is 12.0. The lowest BCUT2D eigenvalue weighted by Gasteiger charge is -2.24. The van der Waals surface area contributed by atoms with Gasteiger partial charge in [0.15, 0.2) is 0 Å². The van der Waals surface area contributed by atoms with E-state index in [4.69, 9.17) is 9.84 Å². The molecule has 0 rings (SSSR count). The first-order chi connectivity index (χ1) is 6.56. The van der Waals surface area contributed by atoms with Crippen molar-refractivity contribution < 1.29 is 14.6 Å². The minimum Gasteiger partial charge on any atom is -0.480 e. The van der Waals surface area contributed by atoms with Crippen LogP contribution in [0.4, 0.5) is 0 Å². The molecule has 0 aromatic rings. The van der Waals surface area contributed by atoms with Gasteiger partial charge in [-0.15, -0.1) is 0 Å². The largest absolute Gasteiger partial charge is 0.480 e. The van der Waals surface area contributed by atoms with Crippen molar-refractivity contribution in [2.75, 3.05) is 19.8 Å². The van der Waals surface area contributed by atoms with E-state index in [0.29, 0.717) is 26.2 Å². The lowest BCUT2D eigenvalue weighted by molar-refractivity contribution is -0.144. The van der Waals surface area contributed by atoms with Crippen LogP contribution in [0.15, 0.2) is 0 Å². The van der Waals surface area contributed by atoms with Gasteiger partial charge in [-0.25, -0.2) is 0 Å². The lowest BCUT2D eigenvalue weighted by Crippen LogP contribution is -2.49. The fourth-order valence-corrected chi connectivity index (χ4v) is 1.03. The second-order valence-corrected chi connectivity index (χ2v) is 3.47. The number of carboxylic acid groups (broad SMARTS) is 1. The Morgan fingerprint density at radius 2 is 2.14 bits per heavy atom. The highest BCUT2D eigenvalue weighted by Gasteiger charge is 2.29. The van der Waals surface area contributed by atoms with Crippen molar-refractivity contribution in [3.8, 4) is 0 Å². The normalized spacial score (nSPS) is 15.1. The molecule has 0 bridgehead atoms. The molecule has 0 aliphatic heterocycles. The van der Waals surface area contributed by atoms with Crippen LogP contribution in [0.1, 0.15) is 33.6 Å². The monoisotopic (exact) mass is 203 g/mol. The molecule has 2 N–H and O–H groups in total. The second-order valence-electron chi connectivity index (χ2n) is 3.47. The molecule has 1 unspecified atom stereocenters. The quantitative estimate of drug-likeness (QED) is 0.583. The minimum absolute atomic E-state index is 0.580. The molecular weight excluding hydrogens is 182 g/mol. The summed E-state index contributed by atoms with van der Waals surface area (Å²) in [6.07, 6.45) is 1.42. The molecule has 0 aromatic carbocycles. The van der Waals surface area contributed by atoms with E-state index >= 15 is 0 Å². The number of hydrogen-bond acceptors (Lipinski definition) is 3. The van der Waals surface area contributed by atoms with Gasteiger partial charge in [0.25, 0.3) is 0 Å². The summed E-state index contributed by atoms with van der Waals surface area (Å²) in [5.74, 6) is -0.795. The van der Waals surface area contributed by atoms with Crippen molar-refractivity contribution in [2.24, 2.45) is 0 Å². The molecule has 4 heteroatoms. The molecule has 0 amide bonds. The van der Waals surface area contributed by atoms with E-state index in [9.17, 15) is 4.79 Å². The first kappa shape index (κ1) is 13.4. The van der Waals surface area contributed by atoms with Gasteiger partial charge < -0.3 is 15.2 Å². The van der Waals surface area contributed by atoms with Crippen LogP contribution >= 0.6 is 0 Å². The summed E-state index contributed by atoms with van der Waals surface area (Å²) in [5.41, 5.74) is -0.799. The van der Waals surface area contributed by atoms with E-state index in [0.717, 1.165) is 6.42 Å². The number of aliphatic carboxylic acids is 1. The van der Waals surface area contributed by atoms with Crippen molar-refractivity contribution in [1.29, 1.82) is 0 Å². The maximum Gasteiger partial charge on any atom is 0.323 e. The smallest absolute Gasteiger partial charge is 0.323 e. The first-order valence-corrected chi connectivity index (χ1v) is 5.13. The van der Waals surface area contributed by atoms with Gasteiger partial charge in [-0.2, -0.15) is 0 Å². The Kier molecular flexibility index (Phi) is 6.49. The van der Waals surface area contributed by atoms with Crippen molar-refractivity contribution in [3.05, 3.63) is 0 Å². The lowest BCUT2D eigenvalue weighted by atomic mass is 9.99. The van der Waals surface area contributed by atoms with E-state index < -0.39 is 11.5 Å². The Balaban J connectivity index is 3.68. The summed E-state index contributed by atoms with van der Waals surface area (Å²) in [6, 6.07) is 0. The van der Waals surface area contributed by atoms with Crippen LogP contribution in [0.2, 0.25) is 0 Å². The van der Waals surface area contributed by atoms with Crippen molar-refractivity contribution >= 4 is 5.97 Å². The number of ether oxygens (including phenoxy) is 1. The molecule has 1 atom stereocenters. The van der Waals surface area contributed by atoms with Crippen LogP contribution in [-0.4, -0.2) is 36.4 Å². The number of carboxylic acids is 1. The summed E-state index contributed by atoms with van der Waals surface area (Å²) >= 11 is 0. The molecule has 0 aromatic heterocycles. The molecule has 0 fully saturated rings. The van der Waals surface area contributed by atoms with E-state index in [1.54, 1.807) is 6.92 Å². The van der Waals surface area contributed by atoms with Gasteiger partial charge in [0, 0.05) is 13.2 Å². The highest BCUT2D eigenvalue weighted by molar-refractivity contribution is 5.78. The molecule has 0 spiro atoms. The highest BCUT2D eigenvalue weighted by atomic mass is 16.5. The van der Waals surface area contributed by atoms with Crippen molar-refractivity contribution in [3.63, 3.8) is 0 Å². The summed E-state index contributed by atoms with van der Waals surface area (Å²) in [7, 11) is 0. The van der Waals surface area contributed by atoms with E-state index in [-0.39, 0.29) is 0 Å². The van der Waals surface area contributed by atoms with Gasteiger partial charge in [-0.1, -0.05) is 6.92 Å². The summed E-state index contributed by atoms with van der Waals surface area (Å²) < 4.78 is 5.15. The minimum atomic E-state index is -0.799. The SMILES string of the molecule is CCOCCCNC(C)(CC)C(=O)O. The van der Waals surface area contributed by atoms with Gasteiger partial charge in [-0.3, -0.25) is 4.79 Å². The molecule has 0 saturated heterocycles.